The average molecular weight is 388 g/mol. The fraction of sp³-hybridized carbons (Fsp3) is 0.706. The summed E-state index contributed by atoms with van der Waals surface area (Å²) < 4.78 is 23.9. The van der Waals surface area contributed by atoms with E-state index in [1.165, 1.54) is 0 Å². The quantitative estimate of drug-likeness (QED) is 0.601. The van der Waals surface area contributed by atoms with Gasteiger partial charge in [-0.25, -0.2) is 4.98 Å². The van der Waals surface area contributed by atoms with Gasteiger partial charge in [0.1, 0.15) is 17.7 Å². The Kier molecular flexibility index (Phi) is 7.65. The van der Waals surface area contributed by atoms with Gasteiger partial charge in [-0.15, -0.1) is 0 Å². The molecule has 0 radical (unpaired) electrons. The van der Waals surface area contributed by atoms with Crippen molar-refractivity contribution in [2.45, 2.75) is 65.8 Å². The zero-order chi connectivity index (χ0) is 18.4. The molecule has 0 saturated heterocycles. The van der Waals surface area contributed by atoms with Crippen molar-refractivity contribution in [3.63, 3.8) is 0 Å². The number of rotatable bonds is 10. The van der Waals surface area contributed by atoms with Crippen LogP contribution < -0.4 is 0 Å². The van der Waals surface area contributed by atoms with E-state index in [2.05, 4.69) is 30.7 Å². The molecule has 1 aromatic heterocycles. The largest absolute Gasteiger partial charge is 0.426 e. The Morgan fingerprint density at radius 3 is 2.68 bits per heavy atom. The van der Waals surface area contributed by atoms with Crippen LogP contribution in [-0.4, -0.2) is 34.9 Å². The first-order valence-corrected chi connectivity index (χ1v) is 11.4. The van der Waals surface area contributed by atoms with Crippen LogP contribution in [0.2, 0.25) is 0 Å². The third-order valence-corrected chi connectivity index (χ3v) is 6.27. The number of nitrogens with zero attached hydrogens (tertiary/aromatic N) is 1. The predicted molar refractivity (Wildman–Crippen MR) is 102 cm³/mol. The van der Waals surface area contributed by atoms with E-state index >= 15 is 0 Å². The molecule has 1 unspecified atom stereocenters. The molecule has 1 aliphatic heterocycles. The number of hydrogen-bond donors (Lipinski definition) is 1. The number of imidazole rings is 1. The molecule has 142 valence electrons. The molecule has 2 heterocycles. The lowest BCUT2D eigenvalue weighted by molar-refractivity contribution is 0.0158. The highest BCUT2D eigenvalue weighted by Crippen LogP contribution is 2.54. The standard InChI is InChI=1S/C17H29N2O4PS/c1-6-14-16(11-15(21-14)12(3)4)23-24(25,20-7-2)22-13(5)10-17-18-8-9-19-17/h8-9,11-15H,6-7,10H2,1-5H3,(H,18,19)/t13-,14+,15+,24?/m0/s1. The number of ether oxygens (including phenoxy) is 1. The fourth-order valence-electron chi connectivity index (χ4n) is 2.61. The van der Waals surface area contributed by atoms with E-state index < -0.39 is 6.72 Å². The number of aromatic nitrogens is 2. The van der Waals surface area contributed by atoms with Crippen LogP contribution in [0.25, 0.3) is 0 Å². The van der Waals surface area contributed by atoms with Crippen molar-refractivity contribution < 1.29 is 18.3 Å². The summed E-state index contributed by atoms with van der Waals surface area (Å²) in [5, 5.41) is 0. The van der Waals surface area contributed by atoms with Gasteiger partial charge in [0.2, 0.25) is 0 Å². The number of H-pyrrole nitrogens is 1. The van der Waals surface area contributed by atoms with Crippen LogP contribution in [0.15, 0.2) is 24.2 Å². The van der Waals surface area contributed by atoms with E-state index in [9.17, 15) is 0 Å². The zero-order valence-electron chi connectivity index (χ0n) is 15.6. The molecule has 0 amide bonds. The Bertz CT molecular complexity index is 606. The van der Waals surface area contributed by atoms with Crippen molar-refractivity contribution in [2.24, 2.45) is 5.92 Å². The molecule has 0 bridgehead atoms. The topological polar surface area (TPSA) is 65.6 Å². The predicted octanol–water partition coefficient (Wildman–Crippen LogP) is 4.35. The van der Waals surface area contributed by atoms with Crippen molar-refractivity contribution >= 4 is 18.5 Å². The second kappa shape index (κ2) is 9.28. The lowest BCUT2D eigenvalue weighted by atomic mass is 10.1. The highest BCUT2D eigenvalue weighted by Gasteiger charge is 2.34. The molecule has 0 fully saturated rings. The Morgan fingerprint density at radius 1 is 1.36 bits per heavy atom. The van der Waals surface area contributed by atoms with Crippen LogP contribution >= 0.6 is 6.72 Å². The lowest BCUT2D eigenvalue weighted by Gasteiger charge is -2.26. The van der Waals surface area contributed by atoms with Crippen molar-refractivity contribution in [1.82, 2.24) is 9.97 Å². The van der Waals surface area contributed by atoms with Gasteiger partial charge in [-0.05, 0) is 32.3 Å². The summed E-state index contributed by atoms with van der Waals surface area (Å²) >= 11 is 5.63. The maximum Gasteiger partial charge on any atom is 0.380 e. The maximum absolute atomic E-state index is 6.10. The molecule has 1 aliphatic rings. The van der Waals surface area contributed by atoms with E-state index in [4.69, 9.17) is 30.1 Å². The fourth-order valence-corrected chi connectivity index (χ4v) is 5.05. The van der Waals surface area contributed by atoms with Crippen molar-refractivity contribution in [3.8, 4) is 0 Å². The average Bonchev–Trinajstić information content (AvgIpc) is 3.16. The summed E-state index contributed by atoms with van der Waals surface area (Å²) in [6.45, 7) is 7.67. The van der Waals surface area contributed by atoms with Gasteiger partial charge in [-0.3, -0.25) is 9.05 Å². The van der Waals surface area contributed by atoms with Gasteiger partial charge < -0.3 is 14.2 Å². The Hall–Kier alpha value is -0.720. The van der Waals surface area contributed by atoms with E-state index in [0.29, 0.717) is 18.9 Å². The summed E-state index contributed by atoms with van der Waals surface area (Å²) in [4.78, 5) is 7.29. The van der Waals surface area contributed by atoms with Crippen molar-refractivity contribution in [3.05, 3.63) is 30.1 Å². The smallest absolute Gasteiger partial charge is 0.380 e. The minimum atomic E-state index is -2.91. The van der Waals surface area contributed by atoms with E-state index in [1.54, 1.807) is 12.4 Å². The Labute approximate surface area is 155 Å². The summed E-state index contributed by atoms with van der Waals surface area (Å²) in [7, 11) is 0. The molecular weight excluding hydrogens is 359 g/mol. The summed E-state index contributed by atoms with van der Waals surface area (Å²) in [5.74, 6) is 1.96. The third kappa shape index (κ3) is 5.90. The van der Waals surface area contributed by atoms with Crippen molar-refractivity contribution in [1.29, 1.82) is 0 Å². The molecule has 4 atom stereocenters. The summed E-state index contributed by atoms with van der Waals surface area (Å²) in [6.07, 6.45) is 6.71. The molecule has 0 spiro atoms. The first-order valence-electron chi connectivity index (χ1n) is 8.84. The molecule has 2 rings (SSSR count). The summed E-state index contributed by atoms with van der Waals surface area (Å²) in [5.41, 5.74) is 0. The van der Waals surface area contributed by atoms with Gasteiger partial charge >= 0.3 is 6.72 Å². The van der Waals surface area contributed by atoms with Crippen LogP contribution in [0, 0.1) is 5.92 Å². The molecule has 0 aromatic carbocycles. The highest BCUT2D eigenvalue weighted by atomic mass is 32.5. The van der Waals surface area contributed by atoms with E-state index in [1.807, 2.05) is 19.9 Å². The summed E-state index contributed by atoms with van der Waals surface area (Å²) in [6, 6.07) is 0. The number of aromatic amines is 1. The molecule has 0 saturated carbocycles. The van der Waals surface area contributed by atoms with Crippen LogP contribution in [0.5, 0.6) is 0 Å². The number of nitrogens with one attached hydrogen (secondary N) is 1. The van der Waals surface area contributed by atoms with Gasteiger partial charge in [0, 0.05) is 30.6 Å². The zero-order valence-corrected chi connectivity index (χ0v) is 17.3. The SMILES string of the molecule is CCOP(=S)(OC1=C[C@H](C(C)C)O[C@@H]1CC)O[C@@H](C)Cc1ncc[nH]1. The van der Waals surface area contributed by atoms with Crippen LogP contribution in [0.4, 0.5) is 0 Å². The highest BCUT2D eigenvalue weighted by molar-refractivity contribution is 8.07. The normalized spacial score (nSPS) is 24.2. The van der Waals surface area contributed by atoms with Gasteiger partial charge in [0.05, 0.1) is 18.8 Å². The molecule has 25 heavy (non-hydrogen) atoms. The third-order valence-electron chi connectivity index (χ3n) is 3.84. The van der Waals surface area contributed by atoms with Crippen LogP contribution in [0.3, 0.4) is 0 Å². The number of hydrogen-bond acceptors (Lipinski definition) is 6. The molecule has 8 heteroatoms. The van der Waals surface area contributed by atoms with Gasteiger partial charge in [0.25, 0.3) is 0 Å². The van der Waals surface area contributed by atoms with E-state index in [0.717, 1.165) is 18.0 Å². The second-order valence-corrected chi connectivity index (χ2v) is 9.31. The maximum atomic E-state index is 6.10. The lowest BCUT2D eigenvalue weighted by Crippen LogP contribution is -2.19. The van der Waals surface area contributed by atoms with Crippen LogP contribution in [0.1, 0.15) is 46.9 Å². The van der Waals surface area contributed by atoms with E-state index in [-0.39, 0.29) is 18.3 Å². The molecule has 1 aromatic rings. The van der Waals surface area contributed by atoms with Crippen LogP contribution in [-0.2, 0) is 36.5 Å². The first-order chi connectivity index (χ1) is 11.9. The minimum absolute atomic E-state index is 0.0329. The molecule has 0 aliphatic carbocycles. The van der Waals surface area contributed by atoms with Crippen molar-refractivity contribution in [2.75, 3.05) is 6.61 Å². The van der Waals surface area contributed by atoms with Gasteiger partial charge in [-0.1, -0.05) is 20.8 Å². The monoisotopic (exact) mass is 388 g/mol. The molecule has 1 N–H and O–H groups in total. The van der Waals surface area contributed by atoms with Gasteiger partial charge in [0.15, 0.2) is 0 Å². The molecule has 6 nitrogen and oxygen atoms in total. The Balaban J connectivity index is 2.07. The first kappa shape index (κ1) is 20.6. The van der Waals surface area contributed by atoms with Gasteiger partial charge in [-0.2, -0.15) is 0 Å². The second-order valence-electron chi connectivity index (χ2n) is 6.42. The Morgan fingerprint density at radius 2 is 2.12 bits per heavy atom. The molecular formula is C17H29N2O4PS. The minimum Gasteiger partial charge on any atom is -0.426 e.